The molecule has 0 radical (unpaired) electrons. The third kappa shape index (κ3) is 5.08. The number of nitrogens with zero attached hydrogens (tertiary/aromatic N) is 1. The first kappa shape index (κ1) is 22.7. The average Bonchev–Trinajstić information content (AvgIpc) is 2.92. The molecule has 0 saturated carbocycles. The molecule has 158 valence electrons. The molecule has 1 saturated heterocycles. The maximum Gasteiger partial charge on any atom is 0.243 e. The van der Waals surface area contributed by atoms with E-state index in [1.165, 1.54) is 10.4 Å². The number of piperidine rings is 1. The summed E-state index contributed by atoms with van der Waals surface area (Å²) >= 11 is 0. The molecule has 2 heterocycles. The number of ether oxygens (including phenoxy) is 2. The van der Waals surface area contributed by atoms with Gasteiger partial charge in [0.25, 0.3) is 0 Å². The van der Waals surface area contributed by atoms with Crippen LogP contribution in [0, 0.1) is 5.92 Å². The second kappa shape index (κ2) is 9.78. The molecule has 1 aromatic rings. The standard InChI is InChI=1S/C18H27N3O5S.ClH/c1-13(12-19)20-18(22)14-5-7-21(8-6-14)27(23,24)15-3-4-16-17(11-15)26-10-2-9-25-16;/h3-4,11,13-14H,2,5-10,12,19H2,1H3,(H,20,22);1H/t13-;/m0./s1. The predicted molar refractivity (Wildman–Crippen MR) is 107 cm³/mol. The second-order valence-corrected chi connectivity index (χ2v) is 8.92. The summed E-state index contributed by atoms with van der Waals surface area (Å²) in [6.45, 7) is 3.90. The molecule has 3 N–H and O–H groups in total. The van der Waals surface area contributed by atoms with Crippen molar-refractivity contribution < 1.29 is 22.7 Å². The lowest BCUT2D eigenvalue weighted by molar-refractivity contribution is -0.126. The van der Waals surface area contributed by atoms with Gasteiger partial charge in [0.2, 0.25) is 15.9 Å². The first-order valence-electron chi connectivity index (χ1n) is 9.32. The lowest BCUT2D eigenvalue weighted by atomic mass is 9.97. The number of hydrogen-bond donors (Lipinski definition) is 2. The van der Waals surface area contributed by atoms with Gasteiger partial charge < -0.3 is 20.5 Å². The molecule has 0 spiro atoms. The van der Waals surface area contributed by atoms with Crippen molar-refractivity contribution in [2.24, 2.45) is 11.7 Å². The summed E-state index contributed by atoms with van der Waals surface area (Å²) in [4.78, 5) is 12.4. The number of nitrogens with two attached hydrogens (primary N) is 1. The van der Waals surface area contributed by atoms with Crippen molar-refractivity contribution in [2.75, 3.05) is 32.8 Å². The Hall–Kier alpha value is -1.55. The number of fused-ring (bicyclic) bond motifs is 1. The van der Waals surface area contributed by atoms with E-state index in [1.807, 2.05) is 6.92 Å². The number of benzene rings is 1. The van der Waals surface area contributed by atoms with E-state index < -0.39 is 10.0 Å². The summed E-state index contributed by atoms with van der Waals surface area (Å²) in [5, 5.41) is 2.86. The first-order valence-corrected chi connectivity index (χ1v) is 10.8. The highest BCUT2D eigenvalue weighted by molar-refractivity contribution is 7.89. The number of nitrogens with one attached hydrogen (secondary N) is 1. The van der Waals surface area contributed by atoms with E-state index in [2.05, 4.69) is 5.32 Å². The highest BCUT2D eigenvalue weighted by Crippen LogP contribution is 2.33. The minimum absolute atomic E-state index is 0. The van der Waals surface area contributed by atoms with Crippen molar-refractivity contribution in [1.82, 2.24) is 9.62 Å². The topological polar surface area (TPSA) is 111 Å². The largest absolute Gasteiger partial charge is 0.490 e. The summed E-state index contributed by atoms with van der Waals surface area (Å²) in [7, 11) is -3.64. The van der Waals surface area contributed by atoms with Gasteiger partial charge in [0, 0.05) is 44.1 Å². The molecule has 1 atom stereocenters. The maximum atomic E-state index is 13.0. The Bertz CT molecular complexity index is 781. The molecule has 0 aromatic heterocycles. The zero-order valence-corrected chi connectivity index (χ0v) is 17.6. The van der Waals surface area contributed by atoms with Gasteiger partial charge in [0.05, 0.1) is 18.1 Å². The van der Waals surface area contributed by atoms with E-state index in [-0.39, 0.29) is 35.2 Å². The zero-order valence-electron chi connectivity index (χ0n) is 15.9. The van der Waals surface area contributed by atoms with E-state index in [9.17, 15) is 13.2 Å². The molecule has 10 heteroatoms. The molecular weight excluding hydrogens is 406 g/mol. The number of amides is 1. The van der Waals surface area contributed by atoms with Crippen LogP contribution in [0.2, 0.25) is 0 Å². The van der Waals surface area contributed by atoms with Crippen LogP contribution < -0.4 is 20.5 Å². The Balaban J connectivity index is 0.00000280. The van der Waals surface area contributed by atoms with Gasteiger partial charge in [-0.1, -0.05) is 0 Å². The Kier molecular flexibility index (Phi) is 7.94. The fourth-order valence-corrected chi connectivity index (χ4v) is 4.72. The summed E-state index contributed by atoms with van der Waals surface area (Å²) < 4.78 is 38.5. The van der Waals surface area contributed by atoms with Crippen molar-refractivity contribution in [3.05, 3.63) is 18.2 Å². The number of hydrogen-bond acceptors (Lipinski definition) is 6. The molecule has 2 aliphatic heterocycles. The minimum atomic E-state index is -3.64. The maximum absolute atomic E-state index is 13.0. The summed E-state index contributed by atoms with van der Waals surface area (Å²) in [5.74, 6) is 0.782. The molecule has 3 rings (SSSR count). The van der Waals surface area contributed by atoms with Crippen molar-refractivity contribution >= 4 is 28.3 Å². The summed E-state index contributed by atoms with van der Waals surface area (Å²) in [6.07, 6.45) is 1.74. The monoisotopic (exact) mass is 433 g/mol. The number of carbonyl (C=O) groups is 1. The molecule has 1 fully saturated rings. The van der Waals surface area contributed by atoms with Gasteiger partial charge in [-0.3, -0.25) is 4.79 Å². The van der Waals surface area contributed by atoms with Crippen LogP contribution in [0.5, 0.6) is 11.5 Å². The molecule has 2 aliphatic rings. The van der Waals surface area contributed by atoms with Gasteiger partial charge in [0.15, 0.2) is 11.5 Å². The fraction of sp³-hybridized carbons (Fsp3) is 0.611. The van der Waals surface area contributed by atoms with Crippen LogP contribution in [0.25, 0.3) is 0 Å². The SMILES string of the molecule is C[C@@H](CN)NC(=O)C1CCN(S(=O)(=O)c2ccc3c(c2)OCCCO3)CC1.Cl. The third-order valence-electron chi connectivity index (χ3n) is 4.92. The van der Waals surface area contributed by atoms with Crippen LogP contribution in [0.15, 0.2) is 23.1 Å². The molecule has 0 unspecified atom stereocenters. The van der Waals surface area contributed by atoms with Crippen molar-refractivity contribution in [1.29, 1.82) is 0 Å². The Labute approximate surface area is 172 Å². The van der Waals surface area contributed by atoms with Gasteiger partial charge in [-0.2, -0.15) is 4.31 Å². The van der Waals surface area contributed by atoms with Crippen molar-refractivity contribution in [3.63, 3.8) is 0 Å². The number of rotatable bonds is 5. The number of carbonyl (C=O) groups excluding carboxylic acids is 1. The smallest absolute Gasteiger partial charge is 0.243 e. The number of halogens is 1. The molecule has 1 aromatic carbocycles. The quantitative estimate of drug-likeness (QED) is 0.720. The molecule has 0 bridgehead atoms. The Morgan fingerprint density at radius 3 is 2.54 bits per heavy atom. The fourth-order valence-electron chi connectivity index (χ4n) is 3.23. The van der Waals surface area contributed by atoms with Crippen LogP contribution in [0.1, 0.15) is 26.2 Å². The van der Waals surface area contributed by atoms with Gasteiger partial charge in [-0.25, -0.2) is 8.42 Å². The normalized spacial score (nSPS) is 19.2. The van der Waals surface area contributed by atoms with Gasteiger partial charge in [0.1, 0.15) is 0 Å². The molecule has 8 nitrogen and oxygen atoms in total. The van der Waals surface area contributed by atoms with Crippen LogP contribution in [0.4, 0.5) is 0 Å². The molecule has 28 heavy (non-hydrogen) atoms. The van der Waals surface area contributed by atoms with Crippen molar-refractivity contribution in [3.8, 4) is 11.5 Å². The van der Waals surface area contributed by atoms with Crippen LogP contribution in [0.3, 0.4) is 0 Å². The van der Waals surface area contributed by atoms with Gasteiger partial charge in [-0.15, -0.1) is 12.4 Å². The average molecular weight is 434 g/mol. The van der Waals surface area contributed by atoms with E-state index in [0.29, 0.717) is 57.2 Å². The Morgan fingerprint density at radius 1 is 1.25 bits per heavy atom. The lowest BCUT2D eigenvalue weighted by Gasteiger charge is -2.31. The van der Waals surface area contributed by atoms with E-state index >= 15 is 0 Å². The van der Waals surface area contributed by atoms with Crippen LogP contribution in [-0.4, -0.2) is 57.5 Å². The van der Waals surface area contributed by atoms with E-state index in [0.717, 1.165) is 6.42 Å². The van der Waals surface area contributed by atoms with E-state index in [1.54, 1.807) is 12.1 Å². The summed E-state index contributed by atoms with van der Waals surface area (Å²) in [5.41, 5.74) is 5.53. The van der Waals surface area contributed by atoms with Crippen molar-refractivity contribution in [2.45, 2.75) is 37.1 Å². The molecule has 0 aliphatic carbocycles. The van der Waals surface area contributed by atoms with Gasteiger partial charge >= 0.3 is 0 Å². The zero-order chi connectivity index (χ0) is 19.4. The lowest BCUT2D eigenvalue weighted by Crippen LogP contribution is -2.46. The summed E-state index contributed by atoms with van der Waals surface area (Å²) in [6, 6.07) is 4.63. The highest BCUT2D eigenvalue weighted by atomic mass is 35.5. The minimum Gasteiger partial charge on any atom is -0.490 e. The second-order valence-electron chi connectivity index (χ2n) is 6.98. The highest BCUT2D eigenvalue weighted by Gasteiger charge is 2.33. The van der Waals surface area contributed by atoms with Crippen LogP contribution >= 0.6 is 12.4 Å². The van der Waals surface area contributed by atoms with E-state index in [4.69, 9.17) is 15.2 Å². The van der Waals surface area contributed by atoms with Gasteiger partial charge in [-0.05, 0) is 31.9 Å². The number of sulfonamides is 1. The molecule has 1 amide bonds. The van der Waals surface area contributed by atoms with Crippen LogP contribution in [-0.2, 0) is 14.8 Å². The first-order chi connectivity index (χ1) is 12.9. The molecular formula is C18H28ClN3O5S. The predicted octanol–water partition coefficient (Wildman–Crippen LogP) is 1.13. The Morgan fingerprint density at radius 2 is 1.89 bits per heavy atom. The third-order valence-corrected chi connectivity index (χ3v) is 6.82.